The maximum Gasteiger partial charge on any atom is 0.123 e. The largest absolute Gasteiger partial charge is 0.496 e. The van der Waals surface area contributed by atoms with Crippen LogP contribution in [0, 0.1) is 0 Å². The average Bonchev–Trinajstić information content (AvgIpc) is 2.42. The van der Waals surface area contributed by atoms with Crippen molar-refractivity contribution in [3.8, 4) is 5.75 Å². The third-order valence-electron chi connectivity index (χ3n) is 4.19. The van der Waals surface area contributed by atoms with E-state index in [9.17, 15) is 0 Å². The number of ether oxygens (including phenoxy) is 1. The summed E-state index contributed by atoms with van der Waals surface area (Å²) in [5.41, 5.74) is 7.50. The number of methoxy groups -OCH3 is 1. The number of hydrogen-bond acceptors (Lipinski definition) is 4. The quantitative estimate of drug-likeness (QED) is 0.910. The fourth-order valence-corrected chi connectivity index (χ4v) is 3.24. The molecule has 0 spiro atoms. The molecule has 2 rings (SSSR count). The average molecular weight is 277 g/mol. The summed E-state index contributed by atoms with van der Waals surface area (Å²) in [5.74, 6) is 0.931. The van der Waals surface area contributed by atoms with E-state index in [0.29, 0.717) is 6.04 Å². The second-order valence-corrected chi connectivity index (χ2v) is 5.89. The predicted molar refractivity (Wildman–Crippen MR) is 83.0 cm³/mol. The van der Waals surface area contributed by atoms with Crippen LogP contribution in [-0.2, 0) is 0 Å². The van der Waals surface area contributed by atoms with Gasteiger partial charge in [0.1, 0.15) is 5.75 Å². The van der Waals surface area contributed by atoms with E-state index in [0.717, 1.165) is 25.4 Å². The van der Waals surface area contributed by atoms with Crippen LogP contribution < -0.4 is 10.5 Å². The molecule has 20 heavy (non-hydrogen) atoms. The highest BCUT2D eigenvalue weighted by Crippen LogP contribution is 2.33. The molecule has 4 heteroatoms. The summed E-state index contributed by atoms with van der Waals surface area (Å²) in [6.07, 6.45) is 0. The topological polar surface area (TPSA) is 41.7 Å². The number of nitrogens with two attached hydrogens (primary N) is 1. The summed E-state index contributed by atoms with van der Waals surface area (Å²) in [4.78, 5) is 4.89. The van der Waals surface area contributed by atoms with Crippen LogP contribution in [0.4, 0.5) is 0 Å². The van der Waals surface area contributed by atoms with Gasteiger partial charge in [0.25, 0.3) is 0 Å². The van der Waals surface area contributed by atoms with Gasteiger partial charge in [0, 0.05) is 37.3 Å². The summed E-state index contributed by atoms with van der Waals surface area (Å²) >= 11 is 0. The molecule has 0 radical (unpaired) electrons. The fourth-order valence-electron chi connectivity index (χ4n) is 3.24. The number of para-hydroxylation sites is 1. The summed E-state index contributed by atoms with van der Waals surface area (Å²) < 4.78 is 5.53. The molecule has 0 saturated carbocycles. The molecule has 0 aliphatic carbocycles. The highest BCUT2D eigenvalue weighted by atomic mass is 16.5. The maximum absolute atomic E-state index is 6.31. The number of piperazine rings is 1. The normalized spacial score (nSPS) is 24.4. The zero-order valence-corrected chi connectivity index (χ0v) is 13.0. The molecule has 1 heterocycles. The van der Waals surface area contributed by atoms with Crippen LogP contribution in [0.3, 0.4) is 0 Å². The first-order valence-electron chi connectivity index (χ1n) is 7.37. The van der Waals surface area contributed by atoms with Gasteiger partial charge in [-0.1, -0.05) is 18.2 Å². The molecule has 1 aliphatic heterocycles. The van der Waals surface area contributed by atoms with Gasteiger partial charge in [-0.3, -0.25) is 4.90 Å². The third kappa shape index (κ3) is 3.14. The molecule has 112 valence electrons. The molecular formula is C16H27N3O. The first-order chi connectivity index (χ1) is 9.54. The number of likely N-dealkylation sites (N-methyl/N-ethyl adjacent to an activating group) is 1. The lowest BCUT2D eigenvalue weighted by atomic mass is 9.95. The molecule has 1 aromatic rings. The van der Waals surface area contributed by atoms with Crippen molar-refractivity contribution in [3.63, 3.8) is 0 Å². The van der Waals surface area contributed by atoms with E-state index in [-0.39, 0.29) is 12.1 Å². The number of nitrogens with zero attached hydrogens (tertiary/aromatic N) is 2. The van der Waals surface area contributed by atoms with Crippen molar-refractivity contribution in [2.24, 2.45) is 5.73 Å². The van der Waals surface area contributed by atoms with Crippen molar-refractivity contribution in [1.82, 2.24) is 9.80 Å². The minimum absolute atomic E-state index is 0.0668. The smallest absolute Gasteiger partial charge is 0.123 e. The Morgan fingerprint density at radius 3 is 2.60 bits per heavy atom. The highest BCUT2D eigenvalue weighted by Gasteiger charge is 2.32. The van der Waals surface area contributed by atoms with Crippen LogP contribution in [0.25, 0.3) is 0 Å². The van der Waals surface area contributed by atoms with Gasteiger partial charge >= 0.3 is 0 Å². The lowest BCUT2D eigenvalue weighted by molar-refractivity contribution is 0.0511. The van der Waals surface area contributed by atoms with Crippen LogP contribution in [0.15, 0.2) is 24.3 Å². The second kappa shape index (κ2) is 6.57. The molecule has 2 N–H and O–H groups in total. The van der Waals surface area contributed by atoms with Gasteiger partial charge < -0.3 is 15.4 Å². The van der Waals surface area contributed by atoms with Crippen molar-refractivity contribution in [3.05, 3.63) is 29.8 Å². The summed E-state index contributed by atoms with van der Waals surface area (Å²) in [6, 6.07) is 8.99. The molecule has 0 aromatic heterocycles. The maximum atomic E-state index is 6.31. The summed E-state index contributed by atoms with van der Waals surface area (Å²) in [6.45, 7) is 7.58. The molecule has 0 bridgehead atoms. The molecule has 1 fully saturated rings. The SMILES string of the molecule is COc1ccccc1C(C(C)N)N1CCN(C)CC1C. The Labute approximate surface area is 122 Å². The molecule has 1 saturated heterocycles. The van der Waals surface area contributed by atoms with E-state index in [1.54, 1.807) is 7.11 Å². The molecule has 1 aliphatic rings. The van der Waals surface area contributed by atoms with Crippen LogP contribution in [0.5, 0.6) is 5.75 Å². The summed E-state index contributed by atoms with van der Waals surface area (Å²) in [5, 5.41) is 0. The Balaban J connectivity index is 2.31. The van der Waals surface area contributed by atoms with Gasteiger partial charge in [-0.15, -0.1) is 0 Å². The van der Waals surface area contributed by atoms with E-state index in [4.69, 9.17) is 10.5 Å². The zero-order chi connectivity index (χ0) is 14.7. The molecule has 3 atom stereocenters. The van der Waals surface area contributed by atoms with E-state index in [1.165, 1.54) is 5.56 Å². The number of rotatable bonds is 4. The van der Waals surface area contributed by atoms with Crippen molar-refractivity contribution in [1.29, 1.82) is 0 Å². The van der Waals surface area contributed by atoms with Gasteiger partial charge in [0.05, 0.1) is 13.2 Å². The zero-order valence-electron chi connectivity index (χ0n) is 13.0. The number of hydrogen-bond donors (Lipinski definition) is 1. The van der Waals surface area contributed by atoms with Crippen LogP contribution >= 0.6 is 0 Å². The molecule has 4 nitrogen and oxygen atoms in total. The highest BCUT2D eigenvalue weighted by molar-refractivity contribution is 5.37. The van der Waals surface area contributed by atoms with E-state index in [1.807, 2.05) is 12.1 Å². The monoisotopic (exact) mass is 277 g/mol. The Morgan fingerprint density at radius 2 is 2.00 bits per heavy atom. The van der Waals surface area contributed by atoms with Gasteiger partial charge in [0.2, 0.25) is 0 Å². The van der Waals surface area contributed by atoms with Gasteiger partial charge in [-0.2, -0.15) is 0 Å². The van der Waals surface area contributed by atoms with Crippen molar-refractivity contribution < 1.29 is 4.74 Å². The predicted octanol–water partition coefficient (Wildman–Crippen LogP) is 1.72. The lowest BCUT2D eigenvalue weighted by Crippen LogP contribution is -2.54. The number of benzene rings is 1. The Hall–Kier alpha value is -1.10. The van der Waals surface area contributed by atoms with Gasteiger partial charge in [-0.05, 0) is 27.0 Å². The molecule has 3 unspecified atom stereocenters. The first kappa shape index (κ1) is 15.3. The Bertz CT molecular complexity index is 435. The molecular weight excluding hydrogens is 250 g/mol. The minimum atomic E-state index is 0.0668. The van der Waals surface area contributed by atoms with Crippen molar-refractivity contribution in [2.75, 3.05) is 33.8 Å². The van der Waals surface area contributed by atoms with Crippen LogP contribution in [0.2, 0.25) is 0 Å². The van der Waals surface area contributed by atoms with Gasteiger partial charge in [0.15, 0.2) is 0 Å². The minimum Gasteiger partial charge on any atom is -0.496 e. The van der Waals surface area contributed by atoms with E-state index in [2.05, 4.69) is 42.8 Å². The Kier molecular flexibility index (Phi) is 5.02. The van der Waals surface area contributed by atoms with Crippen molar-refractivity contribution >= 4 is 0 Å². The Morgan fingerprint density at radius 1 is 1.30 bits per heavy atom. The lowest BCUT2D eigenvalue weighted by Gasteiger charge is -2.44. The molecule has 0 amide bonds. The van der Waals surface area contributed by atoms with E-state index >= 15 is 0 Å². The van der Waals surface area contributed by atoms with Crippen LogP contribution in [0.1, 0.15) is 25.5 Å². The second-order valence-electron chi connectivity index (χ2n) is 5.89. The first-order valence-corrected chi connectivity index (χ1v) is 7.37. The van der Waals surface area contributed by atoms with Crippen molar-refractivity contribution in [2.45, 2.75) is 32.0 Å². The third-order valence-corrected chi connectivity index (χ3v) is 4.19. The van der Waals surface area contributed by atoms with E-state index < -0.39 is 0 Å². The van der Waals surface area contributed by atoms with Crippen LogP contribution in [-0.4, -0.2) is 55.7 Å². The standard InChI is InChI=1S/C16H27N3O/c1-12-11-18(3)9-10-19(12)16(13(2)17)14-7-5-6-8-15(14)20-4/h5-8,12-13,16H,9-11,17H2,1-4H3. The molecule has 1 aromatic carbocycles. The van der Waals surface area contributed by atoms with Gasteiger partial charge in [-0.25, -0.2) is 0 Å². The fraction of sp³-hybridized carbons (Fsp3) is 0.625. The summed E-state index contributed by atoms with van der Waals surface area (Å²) in [7, 11) is 3.91.